The lowest BCUT2D eigenvalue weighted by molar-refractivity contribution is -0.275. The molecule has 0 aromatic carbocycles. The minimum atomic E-state index is -2.03. The second-order valence-corrected chi connectivity index (χ2v) is 16.3. The monoisotopic (exact) mass is 368 g/mol. The van der Waals surface area contributed by atoms with Crippen LogP contribution in [-0.4, -0.2) is 36.3 Å². The highest BCUT2D eigenvalue weighted by atomic mass is 28.4. The molecule has 0 aliphatic heterocycles. The van der Waals surface area contributed by atoms with E-state index in [1.165, 1.54) is 0 Å². The Morgan fingerprint density at radius 1 is 1.08 bits per heavy atom. The van der Waals surface area contributed by atoms with E-state index in [1.54, 1.807) is 0 Å². The molecule has 5 atom stereocenters. The summed E-state index contributed by atoms with van der Waals surface area (Å²) in [6.07, 6.45) is 3.66. The molecular formula is C21H40O3Si. The molecule has 0 aromatic heterocycles. The van der Waals surface area contributed by atoms with Crippen LogP contribution in [0.1, 0.15) is 61.8 Å². The summed E-state index contributed by atoms with van der Waals surface area (Å²) in [5.74, 6) is 0.391. The molecule has 0 unspecified atom stereocenters. The maximum Gasteiger partial charge on any atom is 0.192 e. The largest absolute Gasteiger partial charge is 0.411 e. The van der Waals surface area contributed by atoms with Crippen LogP contribution in [-0.2, 0) is 4.43 Å². The average Bonchev–Trinajstić information content (AvgIpc) is 2.38. The van der Waals surface area contributed by atoms with E-state index in [1.807, 2.05) is 12.2 Å². The Morgan fingerprint density at radius 3 is 2.00 bits per heavy atom. The van der Waals surface area contributed by atoms with E-state index < -0.39 is 20.0 Å². The van der Waals surface area contributed by atoms with E-state index in [9.17, 15) is 10.2 Å². The summed E-state index contributed by atoms with van der Waals surface area (Å²) in [6.45, 7) is 21.9. The van der Waals surface area contributed by atoms with Crippen molar-refractivity contribution in [1.29, 1.82) is 0 Å². The third-order valence-electron chi connectivity index (χ3n) is 7.17. The summed E-state index contributed by atoms with van der Waals surface area (Å²) in [5, 5.41) is 22.7. The van der Waals surface area contributed by atoms with E-state index in [0.29, 0.717) is 5.92 Å². The fourth-order valence-corrected chi connectivity index (χ4v) is 5.58. The molecule has 3 fully saturated rings. The van der Waals surface area contributed by atoms with Gasteiger partial charge >= 0.3 is 0 Å². The van der Waals surface area contributed by atoms with Gasteiger partial charge in [-0.2, -0.15) is 0 Å². The van der Waals surface area contributed by atoms with Crippen LogP contribution < -0.4 is 0 Å². The first-order valence-electron chi connectivity index (χ1n) is 9.72. The standard InChI is InChI=1S/C21H40O3Si/c1-18(2,3)11-12-21(23)15-13-14(20(15,7)8)16(17(21)22)24-25(9,10)19(4,5)6/h11-12,14-17,22-23H,13H2,1-10H3/b12-11+/t14-,15-,16-,17+,21-/m1/s1. The summed E-state index contributed by atoms with van der Waals surface area (Å²) in [7, 11) is -2.03. The Morgan fingerprint density at radius 2 is 1.60 bits per heavy atom. The van der Waals surface area contributed by atoms with Crippen LogP contribution in [0.5, 0.6) is 0 Å². The minimum Gasteiger partial charge on any atom is -0.411 e. The van der Waals surface area contributed by atoms with Gasteiger partial charge in [0.15, 0.2) is 8.32 Å². The van der Waals surface area contributed by atoms with Gasteiger partial charge in [0.05, 0.1) is 6.10 Å². The van der Waals surface area contributed by atoms with Crippen molar-refractivity contribution in [2.75, 3.05) is 0 Å². The number of rotatable bonds is 3. The molecule has 25 heavy (non-hydrogen) atoms. The summed E-state index contributed by atoms with van der Waals surface area (Å²) >= 11 is 0. The van der Waals surface area contributed by atoms with Gasteiger partial charge in [-0.1, -0.05) is 67.5 Å². The van der Waals surface area contributed by atoms with Crippen LogP contribution in [0.25, 0.3) is 0 Å². The zero-order chi connectivity index (χ0) is 19.6. The van der Waals surface area contributed by atoms with Gasteiger partial charge in [-0.15, -0.1) is 0 Å². The summed E-state index contributed by atoms with van der Waals surface area (Å²) in [5.41, 5.74) is -1.27. The van der Waals surface area contributed by atoms with Crippen LogP contribution in [0, 0.1) is 22.7 Å². The summed E-state index contributed by atoms with van der Waals surface area (Å²) < 4.78 is 6.66. The number of aliphatic hydroxyl groups excluding tert-OH is 1. The highest BCUT2D eigenvalue weighted by Crippen LogP contribution is 2.64. The Hall–Kier alpha value is -0.163. The van der Waals surface area contributed by atoms with Gasteiger partial charge in [0.2, 0.25) is 0 Å². The topological polar surface area (TPSA) is 49.7 Å². The van der Waals surface area contributed by atoms with Gasteiger partial charge in [-0.05, 0) is 47.2 Å². The van der Waals surface area contributed by atoms with Gasteiger partial charge in [0.1, 0.15) is 11.7 Å². The van der Waals surface area contributed by atoms with Crippen molar-refractivity contribution in [2.45, 2.75) is 97.8 Å². The lowest BCUT2D eigenvalue weighted by Crippen LogP contribution is -2.74. The molecule has 3 saturated carbocycles. The van der Waals surface area contributed by atoms with E-state index >= 15 is 0 Å². The molecule has 0 aromatic rings. The number of aliphatic hydroxyl groups is 2. The van der Waals surface area contributed by atoms with Gasteiger partial charge < -0.3 is 14.6 Å². The maximum atomic E-state index is 11.5. The molecule has 3 aliphatic carbocycles. The molecule has 146 valence electrons. The Balaban J connectivity index is 2.38. The predicted molar refractivity (Wildman–Crippen MR) is 107 cm³/mol. The van der Waals surface area contributed by atoms with Crippen molar-refractivity contribution in [2.24, 2.45) is 22.7 Å². The highest BCUT2D eigenvalue weighted by molar-refractivity contribution is 6.74. The zero-order valence-corrected chi connectivity index (χ0v) is 19.0. The van der Waals surface area contributed by atoms with E-state index in [0.717, 1.165) is 6.42 Å². The van der Waals surface area contributed by atoms with Gasteiger partial charge in [0.25, 0.3) is 0 Å². The molecule has 0 spiro atoms. The van der Waals surface area contributed by atoms with E-state index in [-0.39, 0.29) is 27.9 Å². The number of hydrogen-bond donors (Lipinski definition) is 2. The molecule has 0 heterocycles. The third kappa shape index (κ3) is 3.52. The maximum absolute atomic E-state index is 11.5. The van der Waals surface area contributed by atoms with Crippen molar-refractivity contribution in [3.05, 3.63) is 12.2 Å². The Bertz CT molecular complexity index is 538. The van der Waals surface area contributed by atoms with Crippen molar-refractivity contribution >= 4 is 8.32 Å². The van der Waals surface area contributed by atoms with Crippen LogP contribution in [0.3, 0.4) is 0 Å². The third-order valence-corrected chi connectivity index (χ3v) is 11.6. The highest BCUT2D eigenvalue weighted by Gasteiger charge is 2.69. The van der Waals surface area contributed by atoms with Crippen LogP contribution in [0.15, 0.2) is 12.2 Å². The van der Waals surface area contributed by atoms with Crippen LogP contribution in [0.2, 0.25) is 18.1 Å². The van der Waals surface area contributed by atoms with Crippen molar-refractivity contribution < 1.29 is 14.6 Å². The Kier molecular flexibility index (Phi) is 5.00. The van der Waals surface area contributed by atoms with Gasteiger partial charge in [0, 0.05) is 0 Å². The number of hydrogen-bond acceptors (Lipinski definition) is 3. The SMILES string of the molecule is CC(C)(C)/C=C/[C@@]1(O)[C@@H]2C[C@H]([C@@H](O[Si](C)(C)C(C)(C)C)[C@@H]1O)C2(C)C. The first kappa shape index (κ1) is 21.1. The average molecular weight is 369 g/mol. The predicted octanol–water partition coefficient (Wildman–Crippen LogP) is 4.75. The number of allylic oxidation sites excluding steroid dienone is 1. The second kappa shape index (κ2) is 5.92. The quantitative estimate of drug-likeness (QED) is 0.558. The molecule has 0 saturated heterocycles. The lowest BCUT2D eigenvalue weighted by atomic mass is 9.42. The fraction of sp³-hybridized carbons (Fsp3) is 0.905. The molecular weight excluding hydrogens is 328 g/mol. The molecule has 0 amide bonds. The van der Waals surface area contributed by atoms with Crippen LogP contribution >= 0.6 is 0 Å². The smallest absolute Gasteiger partial charge is 0.192 e. The zero-order valence-electron chi connectivity index (χ0n) is 18.0. The molecule has 2 N–H and O–H groups in total. The van der Waals surface area contributed by atoms with Gasteiger partial charge in [-0.25, -0.2) is 0 Å². The van der Waals surface area contributed by atoms with Crippen molar-refractivity contribution in [3.63, 3.8) is 0 Å². The summed E-state index contributed by atoms with van der Waals surface area (Å²) in [4.78, 5) is 0. The molecule has 3 rings (SSSR count). The molecule has 0 radical (unpaired) electrons. The normalized spacial score (nSPS) is 38.7. The molecule has 3 nitrogen and oxygen atoms in total. The minimum absolute atomic E-state index is 0.0246. The Labute approximate surface area is 156 Å². The van der Waals surface area contributed by atoms with Crippen molar-refractivity contribution in [1.82, 2.24) is 0 Å². The first-order valence-corrected chi connectivity index (χ1v) is 12.6. The van der Waals surface area contributed by atoms with Crippen molar-refractivity contribution in [3.8, 4) is 0 Å². The lowest BCUT2D eigenvalue weighted by Gasteiger charge is -2.67. The van der Waals surface area contributed by atoms with E-state index in [4.69, 9.17) is 4.43 Å². The van der Waals surface area contributed by atoms with E-state index in [2.05, 4.69) is 68.5 Å². The summed E-state index contributed by atoms with van der Waals surface area (Å²) in [6, 6.07) is 0. The van der Waals surface area contributed by atoms with Crippen LogP contribution in [0.4, 0.5) is 0 Å². The second-order valence-electron chi connectivity index (χ2n) is 11.6. The first-order chi connectivity index (χ1) is 10.9. The molecule has 2 bridgehead atoms. The molecule has 4 heteroatoms. The number of fused-ring (bicyclic) bond motifs is 2. The fourth-order valence-electron chi connectivity index (χ4n) is 4.25. The molecule has 3 aliphatic rings. The van der Waals surface area contributed by atoms with Gasteiger partial charge in [-0.3, -0.25) is 0 Å².